The number of nitrogens with zero attached hydrogens (tertiary/aromatic N) is 2. The second-order valence-electron chi connectivity index (χ2n) is 6.35. The van der Waals surface area contributed by atoms with E-state index in [0.717, 1.165) is 21.9 Å². The molecule has 2 atom stereocenters. The summed E-state index contributed by atoms with van der Waals surface area (Å²) in [7, 11) is 3.13. The molecule has 28 heavy (non-hydrogen) atoms. The molecule has 1 aliphatic rings. The van der Waals surface area contributed by atoms with Crippen LogP contribution in [0.15, 0.2) is 47.1 Å². The molecule has 0 saturated heterocycles. The van der Waals surface area contributed by atoms with E-state index in [0.29, 0.717) is 21.9 Å². The van der Waals surface area contributed by atoms with Crippen LogP contribution in [0.25, 0.3) is 10.8 Å². The Balaban J connectivity index is 2.03. The molecule has 0 fully saturated rings. The summed E-state index contributed by atoms with van der Waals surface area (Å²) < 4.78 is 17.2. The molecule has 0 amide bonds. The van der Waals surface area contributed by atoms with Gasteiger partial charge in [0.05, 0.1) is 24.8 Å². The van der Waals surface area contributed by atoms with Crippen molar-refractivity contribution < 1.29 is 14.2 Å². The van der Waals surface area contributed by atoms with Crippen molar-refractivity contribution in [2.24, 2.45) is 5.92 Å². The van der Waals surface area contributed by atoms with Crippen LogP contribution >= 0.6 is 15.9 Å². The van der Waals surface area contributed by atoms with Gasteiger partial charge in [0.1, 0.15) is 5.92 Å². The third kappa shape index (κ3) is 2.77. The van der Waals surface area contributed by atoms with Crippen LogP contribution in [0.5, 0.6) is 17.4 Å². The molecule has 0 bridgehead atoms. The van der Waals surface area contributed by atoms with Crippen molar-refractivity contribution in [3.8, 4) is 23.4 Å². The van der Waals surface area contributed by atoms with Gasteiger partial charge in [-0.25, -0.2) is 4.98 Å². The van der Waals surface area contributed by atoms with Gasteiger partial charge >= 0.3 is 0 Å². The quantitative estimate of drug-likeness (QED) is 0.643. The Kier molecular flexibility index (Phi) is 4.65. The Morgan fingerprint density at radius 3 is 2.71 bits per heavy atom. The third-order valence-electron chi connectivity index (χ3n) is 4.89. The number of aromatic nitrogens is 1. The fourth-order valence-electron chi connectivity index (χ4n) is 3.65. The van der Waals surface area contributed by atoms with E-state index in [-0.39, 0.29) is 5.90 Å². The predicted molar refractivity (Wildman–Crippen MR) is 108 cm³/mol. The van der Waals surface area contributed by atoms with Crippen molar-refractivity contribution in [3.05, 3.63) is 58.2 Å². The average Bonchev–Trinajstić information content (AvgIpc) is 2.71. The summed E-state index contributed by atoms with van der Waals surface area (Å²) in [6.45, 7) is 0. The van der Waals surface area contributed by atoms with Crippen LogP contribution in [-0.2, 0) is 0 Å². The maximum atomic E-state index is 9.83. The molecular formula is C21H16BrN3O3. The zero-order chi connectivity index (χ0) is 19.8. The highest BCUT2D eigenvalue weighted by Crippen LogP contribution is 2.47. The summed E-state index contributed by atoms with van der Waals surface area (Å²) in [5.74, 6) is 0.121. The van der Waals surface area contributed by atoms with E-state index >= 15 is 0 Å². The third-order valence-corrected chi connectivity index (χ3v) is 5.48. The Bertz CT molecular complexity index is 1140. The number of pyridine rings is 1. The second-order valence-corrected chi connectivity index (χ2v) is 7.21. The van der Waals surface area contributed by atoms with Gasteiger partial charge in [-0.2, -0.15) is 5.26 Å². The van der Waals surface area contributed by atoms with E-state index in [9.17, 15) is 5.26 Å². The molecule has 1 aromatic heterocycles. The number of nitrogens with one attached hydrogen (secondary N) is 1. The fourth-order valence-corrected chi connectivity index (χ4v) is 4.27. The lowest BCUT2D eigenvalue weighted by Gasteiger charge is -2.31. The Morgan fingerprint density at radius 2 is 2.00 bits per heavy atom. The molecule has 0 radical (unpaired) electrons. The topological polar surface area (TPSA) is 88.2 Å². The van der Waals surface area contributed by atoms with Crippen molar-refractivity contribution >= 4 is 32.6 Å². The molecule has 0 spiro atoms. The van der Waals surface area contributed by atoms with Gasteiger partial charge in [0, 0.05) is 23.1 Å². The van der Waals surface area contributed by atoms with Crippen LogP contribution in [0.4, 0.5) is 0 Å². The van der Waals surface area contributed by atoms with Crippen LogP contribution in [0, 0.1) is 22.7 Å². The maximum absolute atomic E-state index is 9.83. The van der Waals surface area contributed by atoms with Crippen molar-refractivity contribution in [3.63, 3.8) is 0 Å². The highest BCUT2D eigenvalue weighted by Gasteiger charge is 2.39. The lowest BCUT2D eigenvalue weighted by atomic mass is 9.78. The number of halogens is 1. The number of fused-ring (bicyclic) bond motifs is 3. The normalized spacial score (nSPS) is 18.1. The molecule has 6 nitrogen and oxygen atoms in total. The first-order valence-corrected chi connectivity index (χ1v) is 9.33. The van der Waals surface area contributed by atoms with Crippen LogP contribution in [0.1, 0.15) is 17.0 Å². The number of methoxy groups -OCH3 is 2. The van der Waals surface area contributed by atoms with E-state index in [1.165, 1.54) is 0 Å². The highest BCUT2D eigenvalue weighted by atomic mass is 79.9. The van der Waals surface area contributed by atoms with E-state index in [2.05, 4.69) is 27.0 Å². The van der Waals surface area contributed by atoms with E-state index < -0.39 is 11.8 Å². The minimum absolute atomic E-state index is 0.117. The molecule has 140 valence electrons. The molecule has 4 rings (SSSR count). The molecule has 7 heteroatoms. The number of hydrogen-bond donors (Lipinski definition) is 1. The Hall–Kier alpha value is -3.11. The van der Waals surface area contributed by atoms with Crippen molar-refractivity contribution in [1.82, 2.24) is 4.98 Å². The number of ether oxygens (including phenoxy) is 3. The molecule has 3 aromatic rings. The van der Waals surface area contributed by atoms with Gasteiger partial charge < -0.3 is 14.2 Å². The van der Waals surface area contributed by atoms with Crippen LogP contribution in [-0.4, -0.2) is 25.1 Å². The first-order valence-electron chi connectivity index (χ1n) is 8.54. The summed E-state index contributed by atoms with van der Waals surface area (Å²) in [6.07, 6.45) is 1.72. The summed E-state index contributed by atoms with van der Waals surface area (Å²) in [6, 6.07) is 13.8. The molecule has 2 heterocycles. The van der Waals surface area contributed by atoms with Gasteiger partial charge in [-0.15, -0.1) is 0 Å². The number of nitriles is 1. The number of rotatable bonds is 3. The molecule has 0 aliphatic carbocycles. The monoisotopic (exact) mass is 437 g/mol. The van der Waals surface area contributed by atoms with Gasteiger partial charge in [-0.05, 0) is 39.0 Å². The Labute approximate surface area is 170 Å². The highest BCUT2D eigenvalue weighted by molar-refractivity contribution is 9.10. The first kappa shape index (κ1) is 18.3. The maximum Gasteiger partial charge on any atom is 0.225 e. The van der Waals surface area contributed by atoms with Crippen LogP contribution in [0.3, 0.4) is 0 Å². The lowest BCUT2D eigenvalue weighted by molar-refractivity contribution is 0.352. The predicted octanol–water partition coefficient (Wildman–Crippen LogP) is 4.66. The van der Waals surface area contributed by atoms with Crippen molar-refractivity contribution in [2.75, 3.05) is 14.2 Å². The molecular weight excluding hydrogens is 422 g/mol. The van der Waals surface area contributed by atoms with E-state index in [1.54, 1.807) is 20.4 Å². The van der Waals surface area contributed by atoms with Gasteiger partial charge in [0.15, 0.2) is 11.5 Å². The van der Waals surface area contributed by atoms with Crippen molar-refractivity contribution in [2.45, 2.75) is 5.92 Å². The molecule has 1 N–H and O–H groups in total. The molecule has 2 unspecified atom stereocenters. The molecule has 0 saturated carbocycles. The SMILES string of the molecule is COc1cc(C2c3c(ncc4ccccc34)OC(=N)C2C#N)cc(Br)c1OC. The Morgan fingerprint density at radius 1 is 1.21 bits per heavy atom. The van der Waals surface area contributed by atoms with Gasteiger partial charge in [0.25, 0.3) is 0 Å². The van der Waals surface area contributed by atoms with Gasteiger partial charge in [-0.3, -0.25) is 5.41 Å². The summed E-state index contributed by atoms with van der Waals surface area (Å²) in [4.78, 5) is 4.40. The first-order chi connectivity index (χ1) is 13.6. The summed E-state index contributed by atoms with van der Waals surface area (Å²) >= 11 is 3.52. The summed E-state index contributed by atoms with van der Waals surface area (Å²) in [5, 5.41) is 20.0. The smallest absolute Gasteiger partial charge is 0.225 e. The minimum atomic E-state index is -0.787. The zero-order valence-electron chi connectivity index (χ0n) is 15.2. The largest absolute Gasteiger partial charge is 0.493 e. The van der Waals surface area contributed by atoms with E-state index in [4.69, 9.17) is 19.6 Å². The van der Waals surface area contributed by atoms with E-state index in [1.807, 2.05) is 36.4 Å². The van der Waals surface area contributed by atoms with Crippen molar-refractivity contribution in [1.29, 1.82) is 10.7 Å². The molecule has 2 aromatic carbocycles. The van der Waals surface area contributed by atoms with Gasteiger partial charge in [-0.1, -0.05) is 24.3 Å². The average molecular weight is 438 g/mol. The summed E-state index contributed by atoms with van der Waals surface area (Å²) in [5.41, 5.74) is 1.60. The fraction of sp³-hybridized carbons (Fsp3) is 0.190. The lowest BCUT2D eigenvalue weighted by Crippen LogP contribution is -2.31. The second kappa shape index (κ2) is 7.13. The van der Waals surface area contributed by atoms with Gasteiger partial charge in [0.2, 0.25) is 11.8 Å². The van der Waals surface area contributed by atoms with Crippen LogP contribution < -0.4 is 14.2 Å². The molecule has 1 aliphatic heterocycles. The number of benzene rings is 2. The minimum Gasteiger partial charge on any atom is -0.493 e. The standard InChI is InChI=1S/C21H16BrN3O3/c1-26-16-8-12(7-15(22)19(16)27-2)17-14(9-23)20(24)28-21-18(17)13-6-4-3-5-11(13)10-25-21/h3-8,10,14,17,24H,1-2H3. The number of hydrogen-bond acceptors (Lipinski definition) is 6. The zero-order valence-corrected chi connectivity index (χ0v) is 16.8. The van der Waals surface area contributed by atoms with Crippen LogP contribution in [0.2, 0.25) is 0 Å².